The van der Waals surface area contributed by atoms with Gasteiger partial charge in [-0.3, -0.25) is 19.2 Å². The molecule has 6 rings (SSSR count). The molecule has 0 unspecified atom stereocenters. The summed E-state index contributed by atoms with van der Waals surface area (Å²) in [6, 6.07) is 20.7. The number of rotatable bonds is 10. The molecular formula is C34H34ClN5O4. The van der Waals surface area contributed by atoms with Crippen molar-refractivity contribution in [2.24, 2.45) is 5.92 Å². The molecule has 0 saturated carbocycles. The molecule has 3 heterocycles. The zero-order chi connectivity index (χ0) is 30.8. The Labute approximate surface area is 261 Å². The van der Waals surface area contributed by atoms with E-state index in [1.807, 2.05) is 67.6 Å². The van der Waals surface area contributed by atoms with Gasteiger partial charge in [-0.05, 0) is 60.4 Å². The molecule has 4 aromatic rings. The number of benzene rings is 3. The zero-order valence-electron chi connectivity index (χ0n) is 24.4. The number of amides is 2. The fourth-order valence-corrected chi connectivity index (χ4v) is 6.26. The van der Waals surface area contributed by atoms with E-state index in [1.54, 1.807) is 38.9 Å². The van der Waals surface area contributed by atoms with Gasteiger partial charge < -0.3 is 15.1 Å². The van der Waals surface area contributed by atoms with Crippen molar-refractivity contribution in [1.82, 2.24) is 15.0 Å². The number of hydrogen-bond acceptors (Lipinski definition) is 6. The van der Waals surface area contributed by atoms with Gasteiger partial charge >= 0.3 is 0 Å². The van der Waals surface area contributed by atoms with Crippen molar-refractivity contribution in [3.8, 4) is 0 Å². The van der Waals surface area contributed by atoms with E-state index in [-0.39, 0.29) is 19.1 Å². The Morgan fingerprint density at radius 2 is 1.89 bits per heavy atom. The molecule has 2 atom stereocenters. The second-order valence-electron chi connectivity index (χ2n) is 11.3. The third kappa shape index (κ3) is 5.54. The standard InChI is InChI=1S/C34H34ClN5O4/c1-23(7-4-5-17-38-22-27(16-18-41)36-37-38)34(44)29-20-26(35)13-14-31(29)39(33(34)43)21-24-8-6-10-28(19-24)40-30-11-3-2-9-25(30)12-15-32(40)42/h2-4,6-11,13-14,19-20,22-23,41,44H,5,12,15-18,21H2,1H3/b7-4+/t23-,34+/m1/s1. The van der Waals surface area contributed by atoms with E-state index in [0.717, 1.165) is 28.2 Å². The lowest BCUT2D eigenvalue weighted by atomic mass is 9.83. The number of carbonyl (C=O) groups excluding carboxylic acids is 2. The Morgan fingerprint density at radius 1 is 1.05 bits per heavy atom. The normalized spacial score (nSPS) is 18.6. The Balaban J connectivity index is 1.23. The fourth-order valence-electron chi connectivity index (χ4n) is 6.09. The highest BCUT2D eigenvalue weighted by atomic mass is 35.5. The maximum atomic E-state index is 14.1. The van der Waals surface area contributed by atoms with Crippen molar-refractivity contribution in [1.29, 1.82) is 0 Å². The van der Waals surface area contributed by atoms with Crippen molar-refractivity contribution >= 4 is 40.5 Å². The molecule has 2 aliphatic heterocycles. The van der Waals surface area contributed by atoms with Crippen LogP contribution in [0.2, 0.25) is 5.02 Å². The van der Waals surface area contributed by atoms with Gasteiger partial charge in [-0.1, -0.05) is 66.2 Å². The first-order chi connectivity index (χ1) is 21.3. The Hall–Kier alpha value is -4.31. The van der Waals surface area contributed by atoms with Crippen LogP contribution in [-0.2, 0) is 41.1 Å². The summed E-state index contributed by atoms with van der Waals surface area (Å²) in [6.45, 7) is 2.62. The number of para-hydroxylation sites is 1. The lowest BCUT2D eigenvalue weighted by Gasteiger charge is -2.30. The smallest absolute Gasteiger partial charge is 0.264 e. The summed E-state index contributed by atoms with van der Waals surface area (Å²) in [4.78, 5) is 30.4. The first kappa shape index (κ1) is 29.7. The van der Waals surface area contributed by atoms with Crippen LogP contribution in [0, 0.1) is 5.92 Å². The highest BCUT2D eigenvalue weighted by Crippen LogP contribution is 2.47. The molecular weight excluding hydrogens is 578 g/mol. The predicted molar refractivity (Wildman–Crippen MR) is 169 cm³/mol. The lowest BCUT2D eigenvalue weighted by molar-refractivity contribution is -0.139. The van der Waals surface area contributed by atoms with E-state index in [2.05, 4.69) is 10.3 Å². The van der Waals surface area contributed by atoms with Crippen LogP contribution < -0.4 is 9.80 Å². The highest BCUT2D eigenvalue weighted by molar-refractivity contribution is 6.31. The van der Waals surface area contributed by atoms with Crippen molar-refractivity contribution in [3.63, 3.8) is 0 Å². The topological polar surface area (TPSA) is 112 Å². The van der Waals surface area contributed by atoms with E-state index >= 15 is 0 Å². The molecule has 2 aliphatic rings. The summed E-state index contributed by atoms with van der Waals surface area (Å²) in [5.41, 5.74) is 3.55. The third-order valence-corrected chi connectivity index (χ3v) is 8.63. The number of hydrogen-bond donors (Lipinski definition) is 2. The van der Waals surface area contributed by atoms with Gasteiger partial charge in [0.25, 0.3) is 5.91 Å². The van der Waals surface area contributed by atoms with Gasteiger partial charge in [0.1, 0.15) is 0 Å². The first-order valence-corrected chi connectivity index (χ1v) is 15.2. The van der Waals surface area contributed by atoms with Crippen molar-refractivity contribution < 1.29 is 19.8 Å². The minimum absolute atomic E-state index is 0.0172. The van der Waals surface area contributed by atoms with E-state index < -0.39 is 17.4 Å². The van der Waals surface area contributed by atoms with Gasteiger partial charge in [-0.25, -0.2) is 0 Å². The number of aryl methyl sites for hydroxylation is 2. The Morgan fingerprint density at radius 3 is 2.73 bits per heavy atom. The number of halogens is 1. The summed E-state index contributed by atoms with van der Waals surface area (Å²) in [7, 11) is 0. The number of aliphatic hydroxyl groups is 2. The molecule has 44 heavy (non-hydrogen) atoms. The largest absolute Gasteiger partial charge is 0.396 e. The number of allylic oxidation sites excluding steroid dienone is 1. The van der Waals surface area contributed by atoms with E-state index in [1.165, 1.54) is 0 Å². The number of aromatic nitrogens is 3. The zero-order valence-corrected chi connectivity index (χ0v) is 25.2. The Kier molecular flexibility index (Phi) is 8.35. The molecule has 0 bridgehead atoms. The maximum absolute atomic E-state index is 14.1. The molecule has 226 valence electrons. The lowest BCUT2D eigenvalue weighted by Crippen LogP contribution is -2.44. The molecule has 10 heteroatoms. The third-order valence-electron chi connectivity index (χ3n) is 8.39. The molecule has 0 fully saturated rings. The summed E-state index contributed by atoms with van der Waals surface area (Å²) in [5, 5.41) is 29.6. The molecule has 2 amide bonds. The van der Waals surface area contributed by atoms with Gasteiger partial charge in [0.05, 0.1) is 23.6 Å². The van der Waals surface area contributed by atoms with Crippen LogP contribution in [0.1, 0.15) is 42.1 Å². The second kappa shape index (κ2) is 12.4. The summed E-state index contributed by atoms with van der Waals surface area (Å²) in [5.74, 6) is -0.948. The minimum atomic E-state index is -1.81. The summed E-state index contributed by atoms with van der Waals surface area (Å²) >= 11 is 6.36. The number of aliphatic hydroxyl groups excluding tert-OH is 1. The quantitative estimate of drug-likeness (QED) is 0.242. The van der Waals surface area contributed by atoms with Gasteiger partial charge in [-0.2, -0.15) is 0 Å². The molecule has 0 radical (unpaired) electrons. The van der Waals surface area contributed by atoms with Gasteiger partial charge in [0, 0.05) is 54.4 Å². The molecule has 0 aliphatic carbocycles. The predicted octanol–water partition coefficient (Wildman–Crippen LogP) is 5.09. The molecule has 9 nitrogen and oxygen atoms in total. The monoisotopic (exact) mass is 611 g/mol. The molecule has 1 aromatic heterocycles. The number of nitrogens with zero attached hydrogens (tertiary/aromatic N) is 5. The van der Waals surface area contributed by atoms with Crippen LogP contribution in [0.5, 0.6) is 0 Å². The van der Waals surface area contributed by atoms with E-state index in [0.29, 0.717) is 48.5 Å². The average Bonchev–Trinajstić information content (AvgIpc) is 3.56. The van der Waals surface area contributed by atoms with E-state index in [4.69, 9.17) is 16.7 Å². The van der Waals surface area contributed by atoms with Crippen LogP contribution in [-0.4, -0.2) is 43.6 Å². The van der Waals surface area contributed by atoms with Crippen molar-refractivity contribution in [2.45, 2.75) is 51.3 Å². The molecule has 3 aromatic carbocycles. The Bertz CT molecular complexity index is 1740. The van der Waals surface area contributed by atoms with Crippen LogP contribution >= 0.6 is 11.6 Å². The SMILES string of the molecule is C[C@H](/C=C/CCn1cc(CCO)nn1)[C@@]1(O)C(=O)N(Cc2cccc(N3C(=O)CCc4ccccc43)c2)c2ccc(Cl)cc21. The highest BCUT2D eigenvalue weighted by Gasteiger charge is 2.52. The van der Waals surface area contributed by atoms with Crippen LogP contribution in [0.15, 0.2) is 85.1 Å². The molecule has 0 spiro atoms. The minimum Gasteiger partial charge on any atom is -0.396 e. The fraction of sp³-hybridized carbons (Fsp3) is 0.294. The number of anilines is 3. The molecule has 2 N–H and O–H groups in total. The number of fused-ring (bicyclic) bond motifs is 2. The summed E-state index contributed by atoms with van der Waals surface area (Å²) < 4.78 is 1.70. The summed E-state index contributed by atoms with van der Waals surface area (Å²) in [6.07, 6.45) is 7.78. The number of carbonyl (C=O) groups is 2. The van der Waals surface area contributed by atoms with Gasteiger partial charge in [0.15, 0.2) is 5.60 Å². The maximum Gasteiger partial charge on any atom is 0.264 e. The van der Waals surface area contributed by atoms with Crippen LogP contribution in [0.4, 0.5) is 17.1 Å². The first-order valence-electron chi connectivity index (χ1n) is 14.8. The van der Waals surface area contributed by atoms with Crippen LogP contribution in [0.25, 0.3) is 0 Å². The average molecular weight is 612 g/mol. The molecule has 0 saturated heterocycles. The van der Waals surface area contributed by atoms with E-state index in [9.17, 15) is 14.7 Å². The second-order valence-corrected chi connectivity index (χ2v) is 11.7. The van der Waals surface area contributed by atoms with Gasteiger partial charge in [0.2, 0.25) is 5.91 Å². The van der Waals surface area contributed by atoms with Gasteiger partial charge in [-0.15, -0.1) is 5.10 Å². The van der Waals surface area contributed by atoms with Crippen molar-refractivity contribution in [2.75, 3.05) is 16.4 Å². The van der Waals surface area contributed by atoms with Crippen molar-refractivity contribution in [3.05, 3.63) is 112 Å². The van der Waals surface area contributed by atoms with Crippen LogP contribution in [0.3, 0.4) is 0 Å².